The molecule has 0 bridgehead atoms. The Kier molecular flexibility index (Phi) is 4.44. The molecule has 1 aromatic heterocycles. The van der Waals surface area contributed by atoms with E-state index in [0.717, 1.165) is 39.8 Å². The summed E-state index contributed by atoms with van der Waals surface area (Å²) < 4.78 is 11.0. The van der Waals surface area contributed by atoms with Gasteiger partial charge in [0.1, 0.15) is 0 Å². The number of hydrogen-bond donors (Lipinski definition) is 1. The smallest absolute Gasteiger partial charge is 0.163 e. The molecule has 0 saturated carbocycles. The summed E-state index contributed by atoms with van der Waals surface area (Å²) in [5.74, 6) is 1.46. The number of para-hydroxylation sites is 1. The van der Waals surface area contributed by atoms with E-state index in [1.165, 1.54) is 0 Å². The molecule has 3 rings (SSSR count). The number of ether oxygens (including phenoxy) is 2. The SMILES string of the molecule is COc1cc(-c2cnc3ccccc3c2)cc(CCN)c1OC. The quantitative estimate of drug-likeness (QED) is 0.784. The van der Waals surface area contributed by atoms with Crippen LogP contribution in [0.25, 0.3) is 22.0 Å². The van der Waals surface area contributed by atoms with Crippen molar-refractivity contribution in [2.45, 2.75) is 6.42 Å². The van der Waals surface area contributed by atoms with Gasteiger partial charge in [-0.15, -0.1) is 0 Å². The molecule has 0 amide bonds. The van der Waals surface area contributed by atoms with E-state index in [1.807, 2.05) is 30.5 Å². The second kappa shape index (κ2) is 6.67. The lowest BCUT2D eigenvalue weighted by Crippen LogP contribution is -2.05. The highest BCUT2D eigenvalue weighted by Gasteiger charge is 2.13. The predicted octanol–water partition coefficient (Wildman–Crippen LogP) is 3.42. The standard InChI is InChI=1S/C19H20N2O2/c1-22-18-11-15(10-14(7-8-20)19(18)23-2)16-9-13-5-3-4-6-17(13)21-12-16/h3-6,9-12H,7-8,20H2,1-2H3. The highest BCUT2D eigenvalue weighted by atomic mass is 16.5. The van der Waals surface area contributed by atoms with Crippen molar-refractivity contribution in [3.8, 4) is 22.6 Å². The monoisotopic (exact) mass is 308 g/mol. The van der Waals surface area contributed by atoms with Crippen molar-refractivity contribution in [2.75, 3.05) is 20.8 Å². The van der Waals surface area contributed by atoms with Gasteiger partial charge < -0.3 is 15.2 Å². The van der Waals surface area contributed by atoms with Gasteiger partial charge in [-0.1, -0.05) is 18.2 Å². The average Bonchev–Trinajstić information content (AvgIpc) is 2.60. The summed E-state index contributed by atoms with van der Waals surface area (Å²) in [6.07, 6.45) is 2.62. The minimum atomic E-state index is 0.555. The van der Waals surface area contributed by atoms with Crippen molar-refractivity contribution < 1.29 is 9.47 Å². The molecular weight excluding hydrogens is 288 g/mol. The molecule has 0 aliphatic rings. The third-order valence-corrected chi connectivity index (χ3v) is 3.89. The Labute approximate surface area is 135 Å². The summed E-state index contributed by atoms with van der Waals surface area (Å²) >= 11 is 0. The van der Waals surface area contributed by atoms with Crippen molar-refractivity contribution in [1.29, 1.82) is 0 Å². The van der Waals surface area contributed by atoms with Crippen LogP contribution >= 0.6 is 0 Å². The molecule has 0 spiro atoms. The lowest BCUT2D eigenvalue weighted by Gasteiger charge is -2.15. The molecule has 2 aromatic carbocycles. The second-order valence-corrected chi connectivity index (χ2v) is 5.33. The molecule has 0 atom stereocenters. The van der Waals surface area contributed by atoms with Crippen LogP contribution in [0.4, 0.5) is 0 Å². The maximum absolute atomic E-state index is 5.73. The highest BCUT2D eigenvalue weighted by molar-refractivity contribution is 5.84. The van der Waals surface area contributed by atoms with Crippen molar-refractivity contribution in [2.24, 2.45) is 5.73 Å². The van der Waals surface area contributed by atoms with Crippen LogP contribution in [0.15, 0.2) is 48.7 Å². The number of nitrogens with two attached hydrogens (primary N) is 1. The fraction of sp³-hybridized carbons (Fsp3) is 0.211. The number of rotatable bonds is 5. The Morgan fingerprint density at radius 1 is 1.00 bits per heavy atom. The number of benzene rings is 2. The van der Waals surface area contributed by atoms with Crippen LogP contribution in [0.3, 0.4) is 0 Å². The molecule has 1 heterocycles. The van der Waals surface area contributed by atoms with E-state index in [2.05, 4.69) is 23.2 Å². The minimum Gasteiger partial charge on any atom is -0.493 e. The normalized spacial score (nSPS) is 10.7. The Morgan fingerprint density at radius 3 is 2.57 bits per heavy atom. The maximum atomic E-state index is 5.73. The number of hydrogen-bond acceptors (Lipinski definition) is 4. The Balaban J connectivity index is 2.15. The van der Waals surface area contributed by atoms with Crippen LogP contribution < -0.4 is 15.2 Å². The average molecular weight is 308 g/mol. The molecule has 0 fully saturated rings. The number of methoxy groups -OCH3 is 2. The third-order valence-electron chi connectivity index (χ3n) is 3.89. The summed E-state index contributed by atoms with van der Waals surface area (Å²) in [6.45, 7) is 0.555. The van der Waals surface area contributed by atoms with Gasteiger partial charge in [0.25, 0.3) is 0 Å². The Morgan fingerprint density at radius 2 is 1.83 bits per heavy atom. The van der Waals surface area contributed by atoms with Crippen molar-refractivity contribution in [3.63, 3.8) is 0 Å². The summed E-state index contributed by atoms with van der Waals surface area (Å²) in [6, 6.07) is 14.3. The van der Waals surface area contributed by atoms with Crippen molar-refractivity contribution in [1.82, 2.24) is 4.98 Å². The second-order valence-electron chi connectivity index (χ2n) is 5.33. The zero-order chi connectivity index (χ0) is 16.2. The van der Waals surface area contributed by atoms with Gasteiger partial charge in [0.05, 0.1) is 19.7 Å². The molecule has 4 nitrogen and oxygen atoms in total. The number of pyridine rings is 1. The fourth-order valence-corrected chi connectivity index (χ4v) is 2.78. The molecule has 3 aromatic rings. The zero-order valence-electron chi connectivity index (χ0n) is 13.4. The van der Waals surface area contributed by atoms with Gasteiger partial charge in [-0.25, -0.2) is 0 Å². The van der Waals surface area contributed by atoms with Crippen molar-refractivity contribution >= 4 is 10.9 Å². The molecule has 0 aliphatic heterocycles. The largest absolute Gasteiger partial charge is 0.493 e. The minimum absolute atomic E-state index is 0.555. The molecular formula is C19H20N2O2. The Bertz CT molecular complexity index is 831. The Hall–Kier alpha value is -2.59. The number of nitrogens with zero attached hydrogens (tertiary/aromatic N) is 1. The van der Waals surface area contributed by atoms with Crippen LogP contribution in [0.5, 0.6) is 11.5 Å². The van der Waals surface area contributed by atoms with Gasteiger partial charge in [-0.05, 0) is 48.4 Å². The zero-order valence-corrected chi connectivity index (χ0v) is 13.4. The molecule has 118 valence electrons. The van der Waals surface area contributed by atoms with Gasteiger partial charge in [-0.3, -0.25) is 4.98 Å². The van der Waals surface area contributed by atoms with Crippen LogP contribution in [-0.4, -0.2) is 25.7 Å². The molecule has 23 heavy (non-hydrogen) atoms. The van der Waals surface area contributed by atoms with E-state index in [0.29, 0.717) is 12.3 Å². The fourth-order valence-electron chi connectivity index (χ4n) is 2.78. The lowest BCUT2D eigenvalue weighted by molar-refractivity contribution is 0.352. The molecule has 0 radical (unpaired) electrons. The van der Waals surface area contributed by atoms with Gasteiger partial charge in [-0.2, -0.15) is 0 Å². The molecule has 0 aliphatic carbocycles. The van der Waals surface area contributed by atoms with Crippen molar-refractivity contribution in [3.05, 3.63) is 54.2 Å². The van der Waals surface area contributed by atoms with Gasteiger partial charge in [0, 0.05) is 17.1 Å². The van der Waals surface area contributed by atoms with Gasteiger partial charge in [0.2, 0.25) is 0 Å². The van der Waals surface area contributed by atoms with Crippen LogP contribution in [0.1, 0.15) is 5.56 Å². The van der Waals surface area contributed by atoms with E-state index in [4.69, 9.17) is 15.2 Å². The van der Waals surface area contributed by atoms with Gasteiger partial charge >= 0.3 is 0 Å². The molecule has 4 heteroatoms. The molecule has 0 saturated heterocycles. The van der Waals surface area contributed by atoms with E-state index in [-0.39, 0.29) is 0 Å². The first-order chi connectivity index (χ1) is 11.3. The van der Waals surface area contributed by atoms with Crippen LogP contribution in [0.2, 0.25) is 0 Å². The van der Waals surface area contributed by atoms with Gasteiger partial charge in [0.15, 0.2) is 11.5 Å². The topological polar surface area (TPSA) is 57.4 Å². The van der Waals surface area contributed by atoms with E-state index in [9.17, 15) is 0 Å². The number of aromatic nitrogens is 1. The van der Waals surface area contributed by atoms with E-state index < -0.39 is 0 Å². The predicted molar refractivity (Wildman–Crippen MR) is 93.0 cm³/mol. The number of fused-ring (bicyclic) bond motifs is 1. The van der Waals surface area contributed by atoms with Crippen LogP contribution in [-0.2, 0) is 6.42 Å². The summed E-state index contributed by atoms with van der Waals surface area (Å²) in [5, 5.41) is 1.11. The van der Waals surface area contributed by atoms with Crippen LogP contribution in [0, 0.1) is 0 Å². The van der Waals surface area contributed by atoms with E-state index in [1.54, 1.807) is 14.2 Å². The summed E-state index contributed by atoms with van der Waals surface area (Å²) in [5.41, 5.74) is 9.84. The maximum Gasteiger partial charge on any atom is 0.163 e. The first-order valence-electron chi connectivity index (χ1n) is 7.57. The first-order valence-corrected chi connectivity index (χ1v) is 7.57. The summed E-state index contributed by atoms with van der Waals surface area (Å²) in [7, 11) is 3.29. The highest BCUT2D eigenvalue weighted by Crippen LogP contribution is 2.36. The summed E-state index contributed by atoms with van der Waals surface area (Å²) in [4.78, 5) is 4.53. The lowest BCUT2D eigenvalue weighted by atomic mass is 10.00. The van der Waals surface area contributed by atoms with E-state index >= 15 is 0 Å². The first kappa shape index (κ1) is 15.3. The third kappa shape index (κ3) is 2.98. The molecule has 0 unspecified atom stereocenters. The molecule has 2 N–H and O–H groups in total.